The van der Waals surface area contributed by atoms with Gasteiger partial charge in [-0.05, 0) is 48.7 Å². The van der Waals surface area contributed by atoms with Gasteiger partial charge in [0.2, 0.25) is 0 Å². The van der Waals surface area contributed by atoms with Crippen molar-refractivity contribution < 1.29 is 13.2 Å². The Bertz CT molecular complexity index is 816. The van der Waals surface area contributed by atoms with Gasteiger partial charge in [-0.3, -0.25) is 0 Å². The SMILES string of the molecule is Cc1ccccc1CNc1cc2c(c(C(F)(F)F)c1)N[C@@H]1CCNC[C@H]21. The minimum absolute atomic E-state index is 0.0824. The summed E-state index contributed by atoms with van der Waals surface area (Å²) in [4.78, 5) is 0. The standard InChI is InChI=1S/C20H22F3N3/c1-12-4-2-3-5-13(12)10-25-14-8-15-16-11-24-7-6-18(16)26-19(15)17(9-14)20(21,22)23/h2-5,8-9,16,18,24-26H,6-7,10-11H2,1H3/t16-,18-/m1/s1. The van der Waals surface area contributed by atoms with Crippen LogP contribution in [0.15, 0.2) is 36.4 Å². The molecule has 0 spiro atoms. The van der Waals surface area contributed by atoms with Crippen molar-refractivity contribution >= 4 is 11.4 Å². The summed E-state index contributed by atoms with van der Waals surface area (Å²) in [6.07, 6.45) is -3.54. The van der Waals surface area contributed by atoms with Gasteiger partial charge in [-0.15, -0.1) is 0 Å². The number of fused-ring (bicyclic) bond motifs is 3. The van der Waals surface area contributed by atoms with Crippen LogP contribution in [0, 0.1) is 6.92 Å². The third-order valence-corrected chi connectivity index (χ3v) is 5.43. The first-order chi connectivity index (χ1) is 12.4. The first kappa shape index (κ1) is 17.2. The van der Waals surface area contributed by atoms with Crippen LogP contribution >= 0.6 is 0 Å². The highest BCUT2D eigenvalue weighted by Crippen LogP contribution is 2.47. The molecule has 0 aromatic heterocycles. The predicted octanol–water partition coefficient (Wildman–Crippen LogP) is 4.50. The molecular weight excluding hydrogens is 339 g/mol. The summed E-state index contributed by atoms with van der Waals surface area (Å²) in [5.41, 5.74) is 3.18. The second-order valence-electron chi connectivity index (χ2n) is 7.12. The fourth-order valence-corrected chi connectivity index (χ4v) is 3.99. The number of rotatable bonds is 3. The molecule has 3 nitrogen and oxygen atoms in total. The molecule has 3 N–H and O–H groups in total. The fraction of sp³-hybridized carbons (Fsp3) is 0.400. The highest BCUT2D eigenvalue weighted by Gasteiger charge is 2.42. The maximum Gasteiger partial charge on any atom is 0.418 e. The highest BCUT2D eigenvalue weighted by molar-refractivity contribution is 5.71. The third-order valence-electron chi connectivity index (χ3n) is 5.43. The molecule has 0 saturated carbocycles. The molecule has 2 aromatic carbocycles. The van der Waals surface area contributed by atoms with Gasteiger partial charge in [0.15, 0.2) is 0 Å². The Morgan fingerprint density at radius 3 is 2.77 bits per heavy atom. The number of hydrogen-bond acceptors (Lipinski definition) is 3. The monoisotopic (exact) mass is 361 g/mol. The van der Waals surface area contributed by atoms with Crippen molar-refractivity contribution in [3.63, 3.8) is 0 Å². The van der Waals surface area contributed by atoms with E-state index in [9.17, 15) is 13.2 Å². The lowest BCUT2D eigenvalue weighted by Crippen LogP contribution is -2.38. The molecule has 2 aromatic rings. The highest BCUT2D eigenvalue weighted by atomic mass is 19.4. The van der Waals surface area contributed by atoms with Crippen LogP contribution in [0.2, 0.25) is 0 Å². The summed E-state index contributed by atoms with van der Waals surface area (Å²) in [6, 6.07) is 11.1. The molecule has 0 bridgehead atoms. The number of alkyl halides is 3. The van der Waals surface area contributed by atoms with Gasteiger partial charge < -0.3 is 16.0 Å². The van der Waals surface area contributed by atoms with E-state index in [1.165, 1.54) is 6.07 Å². The molecule has 2 aliphatic rings. The molecule has 0 amide bonds. The van der Waals surface area contributed by atoms with Gasteiger partial charge in [0, 0.05) is 30.7 Å². The average molecular weight is 361 g/mol. The van der Waals surface area contributed by atoms with Crippen molar-refractivity contribution in [3.8, 4) is 0 Å². The van der Waals surface area contributed by atoms with Crippen LogP contribution < -0.4 is 16.0 Å². The molecule has 6 heteroatoms. The van der Waals surface area contributed by atoms with Gasteiger partial charge in [0.1, 0.15) is 0 Å². The quantitative estimate of drug-likeness (QED) is 0.754. The summed E-state index contributed by atoms with van der Waals surface area (Å²) in [5.74, 6) is 0.0834. The predicted molar refractivity (Wildman–Crippen MR) is 97.6 cm³/mol. The summed E-state index contributed by atoms with van der Waals surface area (Å²) < 4.78 is 40.9. The van der Waals surface area contributed by atoms with Crippen LogP contribution in [0.4, 0.5) is 24.5 Å². The van der Waals surface area contributed by atoms with Gasteiger partial charge in [-0.2, -0.15) is 13.2 Å². The van der Waals surface area contributed by atoms with Gasteiger partial charge in [0.05, 0.1) is 11.3 Å². The van der Waals surface area contributed by atoms with Gasteiger partial charge >= 0.3 is 6.18 Å². The Labute approximate surface area is 151 Å². The average Bonchev–Trinajstić information content (AvgIpc) is 2.98. The molecule has 0 unspecified atom stereocenters. The second kappa shape index (κ2) is 6.50. The van der Waals surface area contributed by atoms with E-state index >= 15 is 0 Å². The Morgan fingerprint density at radius 2 is 2.00 bits per heavy atom. The Hall–Kier alpha value is -2.21. The Kier molecular flexibility index (Phi) is 4.31. The van der Waals surface area contributed by atoms with Crippen LogP contribution in [0.5, 0.6) is 0 Å². The number of piperidine rings is 1. The first-order valence-electron chi connectivity index (χ1n) is 8.94. The number of benzene rings is 2. The largest absolute Gasteiger partial charge is 0.418 e. The fourth-order valence-electron chi connectivity index (χ4n) is 3.99. The van der Waals surface area contributed by atoms with Crippen molar-refractivity contribution in [2.75, 3.05) is 23.7 Å². The van der Waals surface area contributed by atoms with E-state index < -0.39 is 11.7 Å². The van der Waals surface area contributed by atoms with E-state index in [4.69, 9.17) is 0 Å². The number of nitrogens with one attached hydrogen (secondary N) is 3. The zero-order chi connectivity index (χ0) is 18.3. The Balaban J connectivity index is 1.67. The summed E-state index contributed by atoms with van der Waals surface area (Å²) >= 11 is 0. The molecule has 2 aliphatic heterocycles. The smallest absolute Gasteiger partial charge is 0.381 e. The molecule has 4 rings (SSSR count). The molecular formula is C20H22F3N3. The molecule has 2 atom stereocenters. The van der Waals surface area contributed by atoms with Gasteiger partial charge in [0.25, 0.3) is 0 Å². The van der Waals surface area contributed by atoms with Gasteiger partial charge in [-0.1, -0.05) is 24.3 Å². The lowest BCUT2D eigenvalue weighted by atomic mass is 9.89. The number of anilines is 2. The minimum Gasteiger partial charge on any atom is -0.381 e. The maximum absolute atomic E-state index is 13.6. The third kappa shape index (κ3) is 3.14. The topological polar surface area (TPSA) is 36.1 Å². The van der Waals surface area contributed by atoms with Crippen molar-refractivity contribution in [1.29, 1.82) is 0 Å². The molecule has 2 heterocycles. The van der Waals surface area contributed by atoms with Gasteiger partial charge in [-0.25, -0.2) is 0 Å². The lowest BCUT2D eigenvalue weighted by Gasteiger charge is -2.26. The molecule has 138 valence electrons. The molecule has 0 aliphatic carbocycles. The first-order valence-corrected chi connectivity index (χ1v) is 8.94. The summed E-state index contributed by atoms with van der Waals surface area (Å²) in [5, 5.41) is 9.62. The molecule has 1 fully saturated rings. The van der Waals surface area contributed by atoms with E-state index in [2.05, 4.69) is 16.0 Å². The van der Waals surface area contributed by atoms with Crippen LogP contribution in [-0.4, -0.2) is 19.1 Å². The molecule has 26 heavy (non-hydrogen) atoms. The minimum atomic E-state index is -4.38. The van der Waals surface area contributed by atoms with Crippen molar-refractivity contribution in [2.24, 2.45) is 0 Å². The lowest BCUT2D eigenvalue weighted by molar-refractivity contribution is -0.136. The van der Waals surface area contributed by atoms with Crippen molar-refractivity contribution in [1.82, 2.24) is 5.32 Å². The maximum atomic E-state index is 13.6. The van der Waals surface area contributed by atoms with Crippen LogP contribution in [0.1, 0.15) is 34.6 Å². The van der Waals surface area contributed by atoms with Crippen LogP contribution in [0.3, 0.4) is 0 Å². The van der Waals surface area contributed by atoms with E-state index in [1.807, 2.05) is 37.3 Å². The van der Waals surface area contributed by atoms with Crippen molar-refractivity contribution in [3.05, 3.63) is 58.7 Å². The Morgan fingerprint density at radius 1 is 1.19 bits per heavy atom. The van der Waals surface area contributed by atoms with E-state index in [1.54, 1.807) is 0 Å². The molecule has 1 saturated heterocycles. The number of halogens is 3. The number of aryl methyl sites for hydroxylation is 1. The second-order valence-corrected chi connectivity index (χ2v) is 7.12. The van der Waals surface area contributed by atoms with Crippen LogP contribution in [0.25, 0.3) is 0 Å². The van der Waals surface area contributed by atoms with E-state index in [-0.39, 0.29) is 17.6 Å². The molecule has 0 radical (unpaired) electrons. The van der Waals surface area contributed by atoms with E-state index in [0.29, 0.717) is 18.8 Å². The van der Waals surface area contributed by atoms with Crippen molar-refractivity contribution in [2.45, 2.75) is 38.0 Å². The number of hydrogen-bond donors (Lipinski definition) is 3. The van der Waals surface area contributed by atoms with Crippen LogP contribution in [-0.2, 0) is 12.7 Å². The zero-order valence-corrected chi connectivity index (χ0v) is 14.6. The van der Waals surface area contributed by atoms with E-state index in [0.717, 1.165) is 29.7 Å². The summed E-state index contributed by atoms with van der Waals surface area (Å²) in [6.45, 7) is 4.05. The summed E-state index contributed by atoms with van der Waals surface area (Å²) in [7, 11) is 0. The normalized spacial score (nSPS) is 21.7. The zero-order valence-electron chi connectivity index (χ0n) is 14.6.